The summed E-state index contributed by atoms with van der Waals surface area (Å²) in [6.07, 6.45) is 1.05. The van der Waals surface area contributed by atoms with Gasteiger partial charge in [-0.3, -0.25) is 14.9 Å². The van der Waals surface area contributed by atoms with Crippen molar-refractivity contribution >= 4 is 40.0 Å². The van der Waals surface area contributed by atoms with Crippen LogP contribution in [0.4, 0.5) is 11.4 Å². The van der Waals surface area contributed by atoms with Crippen LogP contribution in [0.25, 0.3) is 22.6 Å². The molecule has 1 N–H and O–H groups in total. The Kier molecular flexibility index (Phi) is 5.92. The van der Waals surface area contributed by atoms with E-state index in [9.17, 15) is 14.9 Å². The van der Waals surface area contributed by atoms with Gasteiger partial charge in [-0.1, -0.05) is 31.5 Å². The zero-order chi connectivity index (χ0) is 22.8. The summed E-state index contributed by atoms with van der Waals surface area (Å²) < 4.78 is 5.88. The van der Waals surface area contributed by atoms with Gasteiger partial charge in [0, 0.05) is 22.9 Å². The van der Waals surface area contributed by atoms with Crippen molar-refractivity contribution in [2.75, 3.05) is 5.32 Å². The molecule has 0 fully saturated rings. The molecular formula is C24H20ClN3O4. The van der Waals surface area contributed by atoms with E-state index in [2.05, 4.69) is 36.3 Å². The number of oxazole rings is 1. The predicted octanol–water partition coefficient (Wildman–Crippen LogP) is 6.82. The molecule has 1 aromatic heterocycles. The fourth-order valence-corrected chi connectivity index (χ4v) is 3.49. The van der Waals surface area contributed by atoms with Crippen LogP contribution in [-0.2, 0) is 0 Å². The highest BCUT2D eigenvalue weighted by atomic mass is 35.5. The summed E-state index contributed by atoms with van der Waals surface area (Å²) in [6, 6.07) is 17.0. The van der Waals surface area contributed by atoms with E-state index in [1.807, 2.05) is 6.07 Å². The number of fused-ring (bicyclic) bond motifs is 1. The normalized spacial score (nSPS) is 12.0. The summed E-state index contributed by atoms with van der Waals surface area (Å²) >= 11 is 5.80. The first-order chi connectivity index (χ1) is 15.4. The van der Waals surface area contributed by atoms with Gasteiger partial charge in [0.1, 0.15) is 10.5 Å². The maximum absolute atomic E-state index is 12.5. The molecule has 0 bridgehead atoms. The van der Waals surface area contributed by atoms with Crippen molar-refractivity contribution in [1.82, 2.24) is 4.98 Å². The number of nitro groups is 1. The van der Waals surface area contributed by atoms with Gasteiger partial charge in [-0.15, -0.1) is 0 Å². The predicted molar refractivity (Wildman–Crippen MR) is 124 cm³/mol. The Morgan fingerprint density at radius 3 is 2.59 bits per heavy atom. The minimum absolute atomic E-state index is 0.0227. The van der Waals surface area contributed by atoms with Crippen molar-refractivity contribution in [3.63, 3.8) is 0 Å². The van der Waals surface area contributed by atoms with E-state index in [4.69, 9.17) is 16.0 Å². The van der Waals surface area contributed by atoms with Gasteiger partial charge in [-0.2, -0.15) is 0 Å². The molecule has 1 amide bonds. The monoisotopic (exact) mass is 449 g/mol. The Morgan fingerprint density at radius 1 is 1.16 bits per heavy atom. The molecule has 0 aliphatic carbocycles. The van der Waals surface area contributed by atoms with Crippen molar-refractivity contribution in [3.05, 3.63) is 86.9 Å². The maximum atomic E-state index is 12.5. The number of nitrogens with zero attached hydrogens (tertiary/aromatic N) is 2. The van der Waals surface area contributed by atoms with Crippen LogP contribution < -0.4 is 5.32 Å². The number of hydrogen-bond acceptors (Lipinski definition) is 5. The largest absolute Gasteiger partial charge is 0.436 e. The molecule has 0 saturated carbocycles. The zero-order valence-electron chi connectivity index (χ0n) is 17.5. The van der Waals surface area contributed by atoms with Gasteiger partial charge in [0.25, 0.3) is 11.6 Å². The Morgan fingerprint density at radius 2 is 1.91 bits per heavy atom. The summed E-state index contributed by atoms with van der Waals surface area (Å²) in [4.78, 5) is 27.5. The van der Waals surface area contributed by atoms with E-state index in [0.29, 0.717) is 23.1 Å². The molecule has 32 heavy (non-hydrogen) atoms. The summed E-state index contributed by atoms with van der Waals surface area (Å²) in [7, 11) is 0. The SMILES string of the molecule is CC[C@H](C)c1ccc2oc(-c3ccc(NC(=O)c4ccc(Cl)c([N+](=O)[O-])c4)cc3)nc2c1. The first kappa shape index (κ1) is 21.5. The Bertz CT molecular complexity index is 1310. The third kappa shape index (κ3) is 4.33. The average molecular weight is 450 g/mol. The molecule has 0 aliphatic rings. The summed E-state index contributed by atoms with van der Waals surface area (Å²) in [5.41, 5.74) is 3.87. The average Bonchev–Trinajstić information content (AvgIpc) is 3.22. The molecule has 0 unspecified atom stereocenters. The van der Waals surface area contributed by atoms with E-state index >= 15 is 0 Å². The van der Waals surface area contributed by atoms with E-state index in [0.717, 1.165) is 23.6 Å². The number of nitrogens with one attached hydrogen (secondary N) is 1. The van der Waals surface area contributed by atoms with Crippen LogP contribution in [0.1, 0.15) is 42.1 Å². The molecule has 3 aromatic carbocycles. The number of rotatable bonds is 6. The number of benzene rings is 3. The molecule has 162 valence electrons. The number of anilines is 1. The maximum Gasteiger partial charge on any atom is 0.288 e. The quantitative estimate of drug-likeness (QED) is 0.257. The zero-order valence-corrected chi connectivity index (χ0v) is 18.2. The van der Waals surface area contributed by atoms with Crippen molar-refractivity contribution in [2.24, 2.45) is 0 Å². The highest BCUT2D eigenvalue weighted by Gasteiger charge is 2.17. The standard InChI is InChI=1S/C24H20ClN3O4/c1-3-14(2)16-7-11-22-20(12-16)27-24(32-22)15-4-8-18(9-5-15)26-23(29)17-6-10-19(25)21(13-17)28(30)31/h4-14H,3H2,1-2H3,(H,26,29)/t14-/m0/s1. The molecule has 1 atom stereocenters. The van der Waals surface area contributed by atoms with Gasteiger partial charge in [0.15, 0.2) is 5.58 Å². The topological polar surface area (TPSA) is 98.3 Å². The molecule has 8 heteroatoms. The first-order valence-corrected chi connectivity index (χ1v) is 10.5. The Labute approximate surface area is 189 Å². The summed E-state index contributed by atoms with van der Waals surface area (Å²) in [5.74, 6) is 0.467. The van der Waals surface area contributed by atoms with Gasteiger partial charge in [-0.25, -0.2) is 4.98 Å². The molecule has 4 rings (SSSR count). The van der Waals surface area contributed by atoms with Gasteiger partial charge in [0.2, 0.25) is 5.89 Å². The Hall–Kier alpha value is -3.71. The molecule has 4 aromatic rings. The molecule has 0 aliphatic heterocycles. The highest BCUT2D eigenvalue weighted by molar-refractivity contribution is 6.32. The lowest BCUT2D eigenvalue weighted by Crippen LogP contribution is -2.12. The number of amides is 1. The van der Waals surface area contributed by atoms with Crippen molar-refractivity contribution < 1.29 is 14.1 Å². The van der Waals surface area contributed by atoms with E-state index < -0.39 is 10.8 Å². The van der Waals surface area contributed by atoms with Crippen LogP contribution in [0.3, 0.4) is 0 Å². The van der Waals surface area contributed by atoms with E-state index in [-0.39, 0.29) is 16.3 Å². The number of halogens is 1. The van der Waals surface area contributed by atoms with Crippen molar-refractivity contribution in [1.29, 1.82) is 0 Å². The molecule has 0 radical (unpaired) electrons. The van der Waals surface area contributed by atoms with Gasteiger partial charge in [0.05, 0.1) is 4.92 Å². The van der Waals surface area contributed by atoms with Crippen LogP contribution in [0.15, 0.2) is 65.1 Å². The highest BCUT2D eigenvalue weighted by Crippen LogP contribution is 2.29. The van der Waals surface area contributed by atoms with Gasteiger partial charge >= 0.3 is 0 Å². The molecule has 1 heterocycles. The third-order valence-corrected chi connectivity index (χ3v) is 5.71. The second kappa shape index (κ2) is 8.80. The fourth-order valence-electron chi connectivity index (χ4n) is 3.30. The van der Waals surface area contributed by atoms with Crippen LogP contribution in [0.2, 0.25) is 5.02 Å². The van der Waals surface area contributed by atoms with Gasteiger partial charge < -0.3 is 9.73 Å². The number of nitro benzene ring substituents is 1. The fraction of sp³-hybridized carbons (Fsp3) is 0.167. The number of carbonyl (C=O) groups excluding carboxylic acids is 1. The number of aromatic nitrogens is 1. The van der Waals surface area contributed by atoms with E-state index in [1.54, 1.807) is 24.3 Å². The van der Waals surface area contributed by atoms with Crippen LogP contribution in [-0.4, -0.2) is 15.8 Å². The lowest BCUT2D eigenvalue weighted by atomic mass is 9.98. The lowest BCUT2D eigenvalue weighted by Gasteiger charge is -2.07. The second-order valence-corrected chi connectivity index (χ2v) is 7.92. The molecule has 0 saturated heterocycles. The Balaban J connectivity index is 1.52. The van der Waals surface area contributed by atoms with Gasteiger partial charge in [-0.05, 0) is 66.4 Å². The third-order valence-electron chi connectivity index (χ3n) is 5.39. The van der Waals surface area contributed by atoms with Crippen LogP contribution in [0.5, 0.6) is 0 Å². The summed E-state index contributed by atoms with van der Waals surface area (Å²) in [6.45, 7) is 4.33. The number of hydrogen-bond donors (Lipinski definition) is 1. The first-order valence-electron chi connectivity index (χ1n) is 10.1. The second-order valence-electron chi connectivity index (χ2n) is 7.51. The van der Waals surface area contributed by atoms with E-state index in [1.165, 1.54) is 17.7 Å². The minimum atomic E-state index is -0.625. The van der Waals surface area contributed by atoms with Crippen LogP contribution in [0, 0.1) is 10.1 Å². The number of carbonyl (C=O) groups is 1. The summed E-state index contributed by atoms with van der Waals surface area (Å²) in [5, 5.41) is 13.7. The lowest BCUT2D eigenvalue weighted by molar-refractivity contribution is -0.384. The smallest absolute Gasteiger partial charge is 0.288 e. The van der Waals surface area contributed by atoms with Crippen molar-refractivity contribution in [2.45, 2.75) is 26.2 Å². The van der Waals surface area contributed by atoms with Crippen molar-refractivity contribution in [3.8, 4) is 11.5 Å². The minimum Gasteiger partial charge on any atom is -0.436 e. The molecular weight excluding hydrogens is 430 g/mol. The van der Waals surface area contributed by atoms with Crippen LogP contribution >= 0.6 is 11.6 Å². The molecule has 0 spiro atoms. The molecule has 7 nitrogen and oxygen atoms in total.